The van der Waals surface area contributed by atoms with E-state index in [0.717, 1.165) is 17.4 Å². The highest BCUT2D eigenvalue weighted by molar-refractivity contribution is 6.31. The van der Waals surface area contributed by atoms with Crippen molar-refractivity contribution in [1.82, 2.24) is 15.5 Å². The normalized spacial score (nSPS) is 21.5. The van der Waals surface area contributed by atoms with Crippen molar-refractivity contribution in [3.63, 3.8) is 0 Å². The van der Waals surface area contributed by atoms with Crippen molar-refractivity contribution in [2.24, 2.45) is 5.92 Å². The van der Waals surface area contributed by atoms with Crippen molar-refractivity contribution in [2.45, 2.75) is 25.4 Å². The Morgan fingerprint density at radius 1 is 1.29 bits per heavy atom. The lowest BCUT2D eigenvalue weighted by molar-refractivity contribution is -0.126. The molecule has 3 amide bonds. The molecular formula is C22H22ClF2N3O3. The number of carbonyl (C=O) groups is 2. The van der Waals surface area contributed by atoms with E-state index in [9.17, 15) is 18.4 Å². The number of carbonyl (C=O) groups excluding carboxylic acids is 2. The largest absolute Gasteiger partial charge is 0.493 e. The molecule has 2 aliphatic rings. The van der Waals surface area contributed by atoms with Gasteiger partial charge in [-0.1, -0.05) is 35.9 Å². The first-order chi connectivity index (χ1) is 14.9. The first-order valence-corrected chi connectivity index (χ1v) is 10.4. The molecule has 0 saturated carbocycles. The molecule has 0 spiro atoms. The number of nitrogens with zero attached hydrogens (tertiary/aromatic N) is 1. The fourth-order valence-electron chi connectivity index (χ4n) is 4.07. The van der Waals surface area contributed by atoms with E-state index in [4.69, 9.17) is 16.3 Å². The lowest BCUT2D eigenvalue weighted by Gasteiger charge is -2.37. The fourth-order valence-corrected chi connectivity index (χ4v) is 4.24. The van der Waals surface area contributed by atoms with Crippen molar-refractivity contribution in [3.8, 4) is 5.75 Å². The number of piperazine rings is 1. The zero-order valence-electron chi connectivity index (χ0n) is 16.8. The zero-order chi connectivity index (χ0) is 22.1. The summed E-state index contributed by atoms with van der Waals surface area (Å²) >= 11 is 5.82. The molecule has 31 heavy (non-hydrogen) atoms. The average Bonchev–Trinajstić information content (AvgIpc) is 2.78. The summed E-state index contributed by atoms with van der Waals surface area (Å²) in [6, 6.07) is 7.85. The number of urea groups is 1. The number of benzene rings is 2. The van der Waals surface area contributed by atoms with Crippen molar-refractivity contribution in [2.75, 3.05) is 19.7 Å². The average molecular weight is 450 g/mol. The van der Waals surface area contributed by atoms with Gasteiger partial charge >= 0.3 is 6.03 Å². The summed E-state index contributed by atoms with van der Waals surface area (Å²) in [7, 11) is 0. The van der Waals surface area contributed by atoms with Crippen molar-refractivity contribution >= 4 is 23.5 Å². The molecule has 2 N–H and O–H groups in total. The number of rotatable bonds is 3. The van der Waals surface area contributed by atoms with Crippen LogP contribution in [-0.2, 0) is 11.2 Å². The van der Waals surface area contributed by atoms with Gasteiger partial charge in [0.05, 0.1) is 12.6 Å². The quantitative estimate of drug-likeness (QED) is 0.705. The maximum atomic E-state index is 15.0. The lowest BCUT2D eigenvalue weighted by atomic mass is 9.86. The maximum Gasteiger partial charge on any atom is 0.318 e. The summed E-state index contributed by atoms with van der Waals surface area (Å²) in [5.74, 6) is -1.65. The van der Waals surface area contributed by atoms with Crippen LogP contribution < -0.4 is 15.4 Å². The van der Waals surface area contributed by atoms with Crippen LogP contribution in [0.25, 0.3) is 0 Å². The third-order valence-electron chi connectivity index (χ3n) is 5.82. The predicted octanol–water partition coefficient (Wildman–Crippen LogP) is 3.44. The van der Waals surface area contributed by atoms with Crippen LogP contribution in [0.3, 0.4) is 0 Å². The molecule has 2 heterocycles. The highest BCUT2D eigenvalue weighted by Gasteiger charge is 2.36. The Hall–Kier alpha value is -2.87. The van der Waals surface area contributed by atoms with Gasteiger partial charge in [0.1, 0.15) is 28.4 Å². The number of hydrogen-bond acceptors (Lipinski definition) is 3. The number of halogens is 3. The van der Waals surface area contributed by atoms with Gasteiger partial charge in [-0.3, -0.25) is 4.79 Å². The fraction of sp³-hybridized carbons (Fsp3) is 0.364. The van der Waals surface area contributed by atoms with Gasteiger partial charge in [-0.2, -0.15) is 0 Å². The molecule has 0 aliphatic carbocycles. The number of nitrogens with one attached hydrogen (secondary N) is 2. The number of para-hydroxylation sites is 1. The Morgan fingerprint density at radius 3 is 2.87 bits per heavy atom. The number of ether oxygens (including phenoxy) is 1. The summed E-state index contributed by atoms with van der Waals surface area (Å²) in [5, 5.41) is 4.92. The third kappa shape index (κ3) is 4.17. The summed E-state index contributed by atoms with van der Waals surface area (Å²) in [4.78, 5) is 26.4. The number of amides is 3. The summed E-state index contributed by atoms with van der Waals surface area (Å²) in [5.41, 5.74) is 0.999. The van der Waals surface area contributed by atoms with Crippen molar-refractivity contribution < 1.29 is 23.1 Å². The summed E-state index contributed by atoms with van der Waals surface area (Å²) < 4.78 is 34.6. The Morgan fingerprint density at radius 2 is 2.06 bits per heavy atom. The highest BCUT2D eigenvalue weighted by atomic mass is 35.5. The van der Waals surface area contributed by atoms with E-state index in [0.29, 0.717) is 19.5 Å². The lowest BCUT2D eigenvalue weighted by Crippen LogP contribution is -2.59. The number of hydrogen-bond donors (Lipinski definition) is 2. The minimum atomic E-state index is -0.921. The van der Waals surface area contributed by atoms with Crippen LogP contribution >= 0.6 is 11.6 Å². The molecule has 2 aromatic rings. The van der Waals surface area contributed by atoms with E-state index < -0.39 is 34.8 Å². The molecule has 0 aromatic heterocycles. The van der Waals surface area contributed by atoms with Gasteiger partial charge < -0.3 is 20.3 Å². The van der Waals surface area contributed by atoms with Gasteiger partial charge in [-0.15, -0.1) is 0 Å². The second-order valence-electron chi connectivity index (χ2n) is 7.74. The van der Waals surface area contributed by atoms with E-state index in [1.54, 1.807) is 6.92 Å². The minimum Gasteiger partial charge on any atom is -0.493 e. The SMILES string of the molecule is CC1C(=O)NCCN1C(=O)N[C@@H](c1ccc(F)c(Cl)c1F)C1COc2ccccc2C1. The van der Waals surface area contributed by atoms with Crippen molar-refractivity contribution in [3.05, 3.63) is 64.2 Å². The summed E-state index contributed by atoms with van der Waals surface area (Å²) in [6.45, 7) is 2.50. The van der Waals surface area contributed by atoms with Crippen LogP contribution in [0.2, 0.25) is 5.02 Å². The van der Waals surface area contributed by atoms with Crippen LogP contribution in [0, 0.1) is 17.6 Å². The molecule has 1 fully saturated rings. The van der Waals surface area contributed by atoms with Crippen molar-refractivity contribution in [1.29, 1.82) is 0 Å². The standard InChI is InChI=1S/C22H22ClF2N3O3/c1-12-21(29)26-8-9-28(12)22(30)27-20(15-6-7-16(24)18(23)19(15)25)14-10-13-4-2-3-5-17(13)31-11-14/h2-7,12,14,20H,8-11H2,1H3,(H,26,29)(H,27,30)/t12?,14?,20-/m1/s1. The molecule has 0 bridgehead atoms. The van der Waals surface area contributed by atoms with E-state index in [1.165, 1.54) is 11.0 Å². The summed E-state index contributed by atoms with van der Waals surface area (Å²) in [6.07, 6.45) is 0.519. The van der Waals surface area contributed by atoms with E-state index in [2.05, 4.69) is 10.6 Å². The van der Waals surface area contributed by atoms with Gasteiger partial charge in [0.15, 0.2) is 0 Å². The van der Waals surface area contributed by atoms with Crippen LogP contribution in [-0.4, -0.2) is 42.6 Å². The van der Waals surface area contributed by atoms with E-state index >= 15 is 0 Å². The zero-order valence-corrected chi connectivity index (χ0v) is 17.6. The molecule has 2 unspecified atom stereocenters. The molecule has 9 heteroatoms. The highest BCUT2D eigenvalue weighted by Crippen LogP contribution is 2.36. The molecular weight excluding hydrogens is 428 g/mol. The Labute approximate surface area is 183 Å². The molecule has 4 rings (SSSR count). The van der Waals surface area contributed by atoms with Gasteiger partial charge in [-0.25, -0.2) is 13.6 Å². The second kappa shape index (κ2) is 8.70. The molecule has 3 atom stereocenters. The predicted molar refractivity (Wildman–Crippen MR) is 111 cm³/mol. The molecule has 1 saturated heterocycles. The van der Waals surface area contributed by atoms with Crippen LogP contribution in [0.5, 0.6) is 5.75 Å². The topological polar surface area (TPSA) is 70.7 Å². The third-order valence-corrected chi connectivity index (χ3v) is 6.16. The Balaban J connectivity index is 1.66. The van der Waals surface area contributed by atoms with Gasteiger partial charge in [-0.05, 0) is 31.0 Å². The van der Waals surface area contributed by atoms with Gasteiger partial charge in [0.25, 0.3) is 0 Å². The van der Waals surface area contributed by atoms with Gasteiger partial charge in [0, 0.05) is 24.6 Å². The van der Waals surface area contributed by atoms with Crippen LogP contribution in [0.1, 0.15) is 24.1 Å². The molecule has 2 aromatic carbocycles. The molecule has 0 radical (unpaired) electrons. The Bertz CT molecular complexity index is 1020. The molecule has 6 nitrogen and oxygen atoms in total. The Kier molecular flexibility index (Phi) is 6.00. The molecule has 164 valence electrons. The van der Waals surface area contributed by atoms with E-state index in [-0.39, 0.29) is 24.0 Å². The second-order valence-corrected chi connectivity index (χ2v) is 8.11. The first kappa shape index (κ1) is 21.4. The van der Waals surface area contributed by atoms with Gasteiger partial charge in [0.2, 0.25) is 5.91 Å². The first-order valence-electron chi connectivity index (χ1n) is 10.1. The number of fused-ring (bicyclic) bond motifs is 1. The monoisotopic (exact) mass is 449 g/mol. The smallest absolute Gasteiger partial charge is 0.318 e. The van der Waals surface area contributed by atoms with E-state index in [1.807, 2.05) is 24.3 Å². The van der Waals surface area contributed by atoms with Crippen LogP contribution in [0.4, 0.5) is 13.6 Å². The maximum absolute atomic E-state index is 15.0. The molecule has 2 aliphatic heterocycles. The van der Waals surface area contributed by atoms with Crippen LogP contribution in [0.15, 0.2) is 36.4 Å². The minimum absolute atomic E-state index is 0.0712.